The largest absolute Gasteiger partial charge is 0.198 e. The summed E-state index contributed by atoms with van der Waals surface area (Å²) in [5.74, 6) is 0. The fourth-order valence-electron chi connectivity index (χ4n) is 0.683. The summed E-state index contributed by atoms with van der Waals surface area (Å²) in [6, 6.07) is 4.12. The Labute approximate surface area is 72.4 Å². The van der Waals surface area contributed by atoms with Gasteiger partial charge in [0, 0.05) is 14.2 Å². The molecular weight excluding hydrogens is 210 g/mol. The zero-order chi connectivity index (χ0) is 7.56. The summed E-state index contributed by atoms with van der Waals surface area (Å²) in [4.78, 5) is 2.37. The maximum absolute atomic E-state index is 8.36. The number of hydrogen-bond donors (Lipinski definition) is 0. The van der Waals surface area contributed by atoms with Crippen LogP contribution < -0.4 is 0 Å². The van der Waals surface area contributed by atoms with Crippen LogP contribution in [0.2, 0.25) is 0 Å². The number of halogens is 1. The van der Waals surface area contributed by atoms with Crippen LogP contribution in [0, 0.1) is 18.3 Å². The van der Waals surface area contributed by atoms with Crippen LogP contribution in [0.3, 0.4) is 0 Å². The minimum atomic E-state index is 0.525. The molecule has 3 heteroatoms. The fourth-order valence-corrected chi connectivity index (χ4v) is 2.22. The van der Waals surface area contributed by atoms with E-state index < -0.39 is 0 Å². The third kappa shape index (κ3) is 1.59. The first-order valence-corrected chi connectivity index (χ1v) is 4.46. The summed E-state index contributed by atoms with van der Waals surface area (Å²) < 4.78 is 1.11. The monoisotopic (exact) mass is 215 g/mol. The van der Waals surface area contributed by atoms with E-state index in [-0.39, 0.29) is 0 Å². The molecule has 0 atom stereocenters. The molecule has 0 aliphatic heterocycles. The Kier molecular flexibility index (Phi) is 2.47. The second-order valence-electron chi connectivity index (χ2n) is 1.95. The van der Waals surface area contributed by atoms with Crippen molar-refractivity contribution in [3.05, 3.63) is 20.3 Å². The van der Waals surface area contributed by atoms with Crippen molar-refractivity contribution in [3.8, 4) is 6.07 Å². The molecule has 52 valence electrons. The van der Waals surface area contributed by atoms with Crippen molar-refractivity contribution >= 4 is 27.3 Å². The van der Waals surface area contributed by atoms with Crippen molar-refractivity contribution in [2.75, 3.05) is 0 Å². The van der Waals surface area contributed by atoms with Crippen molar-refractivity contribution < 1.29 is 0 Å². The van der Waals surface area contributed by atoms with Crippen molar-refractivity contribution in [1.29, 1.82) is 5.26 Å². The molecule has 1 heterocycles. The van der Waals surface area contributed by atoms with Gasteiger partial charge in [-0.25, -0.2) is 0 Å². The molecule has 1 aromatic rings. The van der Waals surface area contributed by atoms with Gasteiger partial charge in [-0.1, -0.05) is 0 Å². The minimum absolute atomic E-state index is 0.525. The van der Waals surface area contributed by atoms with Gasteiger partial charge >= 0.3 is 0 Å². The van der Waals surface area contributed by atoms with E-state index in [1.807, 2.05) is 13.0 Å². The van der Waals surface area contributed by atoms with Crippen LogP contribution >= 0.6 is 27.3 Å². The first kappa shape index (κ1) is 7.77. The highest BCUT2D eigenvalue weighted by atomic mass is 79.9. The van der Waals surface area contributed by atoms with E-state index in [4.69, 9.17) is 5.26 Å². The number of nitrogens with zero attached hydrogens (tertiary/aromatic N) is 1. The summed E-state index contributed by atoms with van der Waals surface area (Å²) in [5, 5.41) is 8.36. The van der Waals surface area contributed by atoms with Crippen LogP contribution in [0.15, 0.2) is 10.5 Å². The summed E-state index contributed by atoms with van der Waals surface area (Å²) >= 11 is 5.06. The number of rotatable bonds is 1. The molecule has 1 rings (SSSR count). The lowest BCUT2D eigenvalue weighted by Gasteiger charge is -1.78. The molecule has 10 heavy (non-hydrogen) atoms. The molecule has 0 fully saturated rings. The van der Waals surface area contributed by atoms with Gasteiger partial charge in [0.15, 0.2) is 0 Å². The smallest absolute Gasteiger partial charge is 0.0696 e. The molecule has 1 nitrogen and oxygen atoms in total. The van der Waals surface area contributed by atoms with Gasteiger partial charge in [-0.3, -0.25) is 0 Å². The highest BCUT2D eigenvalue weighted by molar-refractivity contribution is 9.10. The van der Waals surface area contributed by atoms with E-state index in [1.165, 1.54) is 4.88 Å². The zero-order valence-electron chi connectivity index (χ0n) is 5.52. The van der Waals surface area contributed by atoms with Crippen LogP contribution in [-0.2, 0) is 6.42 Å². The molecule has 0 amide bonds. The lowest BCUT2D eigenvalue weighted by atomic mass is 10.4. The first-order valence-electron chi connectivity index (χ1n) is 2.86. The number of aryl methyl sites for hydroxylation is 1. The SMILES string of the molecule is Cc1sc(CC#N)cc1Br. The Morgan fingerprint density at radius 2 is 2.50 bits per heavy atom. The lowest BCUT2D eigenvalue weighted by Crippen LogP contribution is -1.68. The average molecular weight is 216 g/mol. The summed E-state index contributed by atoms with van der Waals surface area (Å²) in [6.45, 7) is 2.04. The molecule has 0 aliphatic carbocycles. The average Bonchev–Trinajstić information content (AvgIpc) is 2.14. The molecule has 0 saturated carbocycles. The molecule has 1 aromatic heterocycles. The van der Waals surface area contributed by atoms with Crippen molar-refractivity contribution in [3.63, 3.8) is 0 Å². The third-order valence-electron chi connectivity index (χ3n) is 1.16. The van der Waals surface area contributed by atoms with Crippen LogP contribution in [0.1, 0.15) is 9.75 Å². The minimum Gasteiger partial charge on any atom is -0.198 e. The Bertz CT molecular complexity index is 252. The van der Waals surface area contributed by atoms with Crippen molar-refractivity contribution in [1.82, 2.24) is 0 Å². The predicted molar refractivity (Wildman–Crippen MR) is 46.1 cm³/mol. The Balaban J connectivity index is 2.90. The molecule has 0 aromatic carbocycles. The highest BCUT2D eigenvalue weighted by Gasteiger charge is 2.00. The molecule has 0 aliphatic rings. The second-order valence-corrected chi connectivity index (χ2v) is 4.15. The zero-order valence-corrected chi connectivity index (χ0v) is 7.92. The summed E-state index contributed by atoms with van der Waals surface area (Å²) in [7, 11) is 0. The standard InChI is InChI=1S/C7H6BrNS/c1-5-7(8)4-6(10-5)2-3-9/h4H,2H2,1H3. The molecule has 0 unspecified atom stereocenters. The van der Waals surface area contributed by atoms with E-state index in [0.717, 1.165) is 9.35 Å². The van der Waals surface area contributed by atoms with E-state index in [0.29, 0.717) is 6.42 Å². The maximum atomic E-state index is 8.36. The number of hydrogen-bond acceptors (Lipinski definition) is 2. The van der Waals surface area contributed by atoms with Gasteiger partial charge in [-0.05, 0) is 28.9 Å². The summed E-state index contributed by atoms with van der Waals surface area (Å²) in [5.41, 5.74) is 0. The van der Waals surface area contributed by atoms with Gasteiger partial charge in [0.05, 0.1) is 12.5 Å². The van der Waals surface area contributed by atoms with Gasteiger partial charge in [-0.2, -0.15) is 5.26 Å². The van der Waals surface area contributed by atoms with E-state index in [2.05, 4.69) is 22.0 Å². The molecule has 0 bridgehead atoms. The van der Waals surface area contributed by atoms with Crippen LogP contribution in [0.5, 0.6) is 0 Å². The number of nitriles is 1. The number of thiophene rings is 1. The van der Waals surface area contributed by atoms with Gasteiger partial charge in [0.1, 0.15) is 0 Å². The predicted octanol–water partition coefficient (Wildman–Crippen LogP) is 2.89. The maximum Gasteiger partial charge on any atom is 0.0696 e. The van der Waals surface area contributed by atoms with Gasteiger partial charge in [0.25, 0.3) is 0 Å². The molecule has 0 spiro atoms. The Morgan fingerprint density at radius 1 is 1.80 bits per heavy atom. The van der Waals surface area contributed by atoms with Crippen molar-refractivity contribution in [2.24, 2.45) is 0 Å². The molecule has 0 radical (unpaired) electrons. The van der Waals surface area contributed by atoms with E-state index >= 15 is 0 Å². The molecular formula is C7H6BrNS. The fraction of sp³-hybridized carbons (Fsp3) is 0.286. The van der Waals surface area contributed by atoms with Crippen LogP contribution in [-0.4, -0.2) is 0 Å². The van der Waals surface area contributed by atoms with Crippen LogP contribution in [0.25, 0.3) is 0 Å². The van der Waals surface area contributed by atoms with E-state index in [1.54, 1.807) is 11.3 Å². The van der Waals surface area contributed by atoms with Gasteiger partial charge in [-0.15, -0.1) is 11.3 Å². The molecule has 0 N–H and O–H groups in total. The first-order chi connectivity index (χ1) is 4.74. The highest BCUT2D eigenvalue weighted by Crippen LogP contribution is 2.26. The lowest BCUT2D eigenvalue weighted by molar-refractivity contribution is 1.32. The van der Waals surface area contributed by atoms with Gasteiger partial charge in [0.2, 0.25) is 0 Å². The normalized spacial score (nSPS) is 9.30. The summed E-state index contributed by atoms with van der Waals surface area (Å²) in [6.07, 6.45) is 0.525. The Morgan fingerprint density at radius 3 is 2.90 bits per heavy atom. The van der Waals surface area contributed by atoms with Gasteiger partial charge < -0.3 is 0 Å². The Hall–Kier alpha value is -0.330. The van der Waals surface area contributed by atoms with Crippen molar-refractivity contribution in [2.45, 2.75) is 13.3 Å². The van der Waals surface area contributed by atoms with E-state index in [9.17, 15) is 0 Å². The van der Waals surface area contributed by atoms with Crippen LogP contribution in [0.4, 0.5) is 0 Å². The topological polar surface area (TPSA) is 23.8 Å². The second kappa shape index (κ2) is 3.18. The quantitative estimate of drug-likeness (QED) is 0.708. The third-order valence-corrected chi connectivity index (χ3v) is 3.30. The molecule has 0 saturated heterocycles.